The second-order valence-corrected chi connectivity index (χ2v) is 5.15. The van der Waals surface area contributed by atoms with E-state index in [9.17, 15) is 0 Å². The number of aromatic amines is 1. The number of pyridine rings is 1. The molecule has 0 saturated heterocycles. The number of H-pyrrole nitrogens is 1. The van der Waals surface area contributed by atoms with Crippen LogP contribution in [0.15, 0.2) is 47.8 Å². The maximum absolute atomic E-state index is 5.33. The molecule has 0 bridgehead atoms. The van der Waals surface area contributed by atoms with E-state index in [1.54, 1.807) is 43.6 Å². The summed E-state index contributed by atoms with van der Waals surface area (Å²) in [4.78, 5) is 4.05. The maximum atomic E-state index is 5.33. The van der Waals surface area contributed by atoms with E-state index >= 15 is 0 Å². The minimum Gasteiger partial charge on any atom is -0.493 e. The highest BCUT2D eigenvalue weighted by Crippen LogP contribution is 2.31. The van der Waals surface area contributed by atoms with Crippen LogP contribution in [0.2, 0.25) is 0 Å². The van der Waals surface area contributed by atoms with Gasteiger partial charge in [0.1, 0.15) is 0 Å². The molecule has 0 amide bonds. The van der Waals surface area contributed by atoms with Gasteiger partial charge in [-0.15, -0.1) is 0 Å². The Morgan fingerprint density at radius 3 is 2.75 bits per heavy atom. The normalized spacial score (nSPS) is 10.9. The summed E-state index contributed by atoms with van der Waals surface area (Å²) in [5.74, 6) is 1.81. The fourth-order valence-electron chi connectivity index (χ4n) is 2.14. The average Bonchev–Trinajstić information content (AvgIpc) is 3.00. The molecule has 0 aliphatic carbocycles. The molecular formula is C16H15N5O2S. The Kier molecular flexibility index (Phi) is 4.66. The van der Waals surface area contributed by atoms with Crippen molar-refractivity contribution in [2.24, 2.45) is 5.10 Å². The predicted molar refractivity (Wildman–Crippen MR) is 93.2 cm³/mol. The Bertz CT molecular complexity index is 918. The molecule has 2 heterocycles. The van der Waals surface area contributed by atoms with Crippen LogP contribution >= 0.6 is 12.2 Å². The molecule has 7 nitrogen and oxygen atoms in total. The molecule has 0 aliphatic heterocycles. The zero-order valence-corrected chi connectivity index (χ0v) is 13.9. The van der Waals surface area contributed by atoms with Gasteiger partial charge >= 0.3 is 0 Å². The molecule has 0 spiro atoms. The van der Waals surface area contributed by atoms with Gasteiger partial charge in [-0.1, -0.05) is 6.07 Å². The third-order valence-electron chi connectivity index (χ3n) is 3.30. The molecule has 24 heavy (non-hydrogen) atoms. The molecule has 3 rings (SSSR count). The molecule has 1 N–H and O–H groups in total. The average molecular weight is 341 g/mol. The van der Waals surface area contributed by atoms with Gasteiger partial charge in [0.2, 0.25) is 4.77 Å². The number of nitrogens with zero attached hydrogens (tertiary/aromatic N) is 4. The summed E-state index contributed by atoms with van der Waals surface area (Å²) in [6.45, 7) is 0. The Hall–Kier alpha value is -3.00. The van der Waals surface area contributed by atoms with E-state index in [0.29, 0.717) is 22.1 Å². The molecule has 122 valence electrons. The SMILES string of the molecule is COc1ccc(-c2n[nH]c(=S)n2/N=C/c2cccnc2)cc1OC. The van der Waals surface area contributed by atoms with Crippen LogP contribution in [-0.4, -0.2) is 40.3 Å². The topological polar surface area (TPSA) is 77.3 Å². The molecule has 8 heteroatoms. The van der Waals surface area contributed by atoms with Crippen molar-refractivity contribution in [3.63, 3.8) is 0 Å². The number of ether oxygens (including phenoxy) is 2. The molecule has 2 aromatic heterocycles. The zero-order valence-electron chi connectivity index (χ0n) is 13.1. The first-order valence-electron chi connectivity index (χ1n) is 7.07. The van der Waals surface area contributed by atoms with Crippen molar-refractivity contribution >= 4 is 18.4 Å². The number of benzene rings is 1. The minimum absolute atomic E-state index is 0.389. The lowest BCUT2D eigenvalue weighted by atomic mass is 10.2. The summed E-state index contributed by atoms with van der Waals surface area (Å²) >= 11 is 5.26. The summed E-state index contributed by atoms with van der Waals surface area (Å²) < 4.78 is 12.5. The Morgan fingerprint density at radius 2 is 2.04 bits per heavy atom. The van der Waals surface area contributed by atoms with Crippen molar-refractivity contribution in [3.05, 3.63) is 53.1 Å². The molecule has 0 fully saturated rings. The van der Waals surface area contributed by atoms with Crippen molar-refractivity contribution in [3.8, 4) is 22.9 Å². The number of rotatable bonds is 5. The van der Waals surface area contributed by atoms with Gasteiger partial charge < -0.3 is 9.47 Å². The van der Waals surface area contributed by atoms with E-state index in [2.05, 4.69) is 20.3 Å². The Labute approximate surface area is 143 Å². The first-order valence-corrected chi connectivity index (χ1v) is 7.48. The second kappa shape index (κ2) is 7.05. The third-order valence-corrected chi connectivity index (χ3v) is 3.56. The molecule has 0 unspecified atom stereocenters. The summed E-state index contributed by atoms with van der Waals surface area (Å²) in [6, 6.07) is 9.23. The van der Waals surface area contributed by atoms with E-state index in [-0.39, 0.29) is 0 Å². The number of hydrogen-bond donors (Lipinski definition) is 1. The Morgan fingerprint density at radius 1 is 1.21 bits per heavy atom. The van der Waals surface area contributed by atoms with Gasteiger partial charge in [0.15, 0.2) is 17.3 Å². The number of nitrogens with one attached hydrogen (secondary N) is 1. The van der Waals surface area contributed by atoms with Crippen molar-refractivity contribution < 1.29 is 9.47 Å². The summed E-state index contributed by atoms with van der Waals surface area (Å²) in [5, 5.41) is 11.4. The first-order chi connectivity index (χ1) is 11.7. The highest BCUT2D eigenvalue weighted by atomic mass is 32.1. The van der Waals surface area contributed by atoms with Crippen LogP contribution in [0.3, 0.4) is 0 Å². The zero-order chi connectivity index (χ0) is 16.9. The van der Waals surface area contributed by atoms with E-state index < -0.39 is 0 Å². The van der Waals surface area contributed by atoms with Gasteiger partial charge in [0.25, 0.3) is 0 Å². The standard InChI is InChI=1S/C16H15N5O2S/c1-22-13-6-5-12(8-14(13)23-2)15-19-20-16(24)21(15)18-10-11-4-3-7-17-9-11/h3-10H,1-2H3,(H,20,24)/b18-10+. The van der Waals surface area contributed by atoms with Gasteiger partial charge in [0.05, 0.1) is 20.4 Å². The van der Waals surface area contributed by atoms with E-state index in [1.807, 2.05) is 24.3 Å². The third kappa shape index (κ3) is 3.18. The Balaban J connectivity index is 2.02. The van der Waals surface area contributed by atoms with Crippen molar-refractivity contribution in [1.82, 2.24) is 19.9 Å². The lowest BCUT2D eigenvalue weighted by molar-refractivity contribution is 0.355. The fraction of sp³-hybridized carbons (Fsp3) is 0.125. The molecule has 0 radical (unpaired) electrons. The van der Waals surface area contributed by atoms with E-state index in [0.717, 1.165) is 11.1 Å². The number of aromatic nitrogens is 4. The lowest BCUT2D eigenvalue weighted by Crippen LogP contribution is -1.96. The van der Waals surface area contributed by atoms with Crippen LogP contribution in [0.1, 0.15) is 5.56 Å². The van der Waals surface area contributed by atoms with Crippen LogP contribution in [0, 0.1) is 4.77 Å². The summed E-state index contributed by atoms with van der Waals surface area (Å²) in [6.07, 6.45) is 5.09. The number of methoxy groups -OCH3 is 2. The van der Waals surface area contributed by atoms with E-state index in [4.69, 9.17) is 21.7 Å². The van der Waals surface area contributed by atoms with Gasteiger partial charge in [-0.3, -0.25) is 4.98 Å². The number of hydrogen-bond acceptors (Lipinski definition) is 6. The van der Waals surface area contributed by atoms with Crippen molar-refractivity contribution in [1.29, 1.82) is 0 Å². The second-order valence-electron chi connectivity index (χ2n) is 4.76. The molecule has 0 atom stereocenters. The van der Waals surface area contributed by atoms with Crippen LogP contribution in [-0.2, 0) is 0 Å². The summed E-state index contributed by atoms with van der Waals surface area (Å²) in [5.41, 5.74) is 1.65. The van der Waals surface area contributed by atoms with Crippen molar-refractivity contribution in [2.75, 3.05) is 14.2 Å². The minimum atomic E-state index is 0.389. The predicted octanol–water partition coefficient (Wildman–Crippen LogP) is 2.90. The lowest BCUT2D eigenvalue weighted by Gasteiger charge is -2.09. The van der Waals surface area contributed by atoms with Crippen LogP contribution < -0.4 is 9.47 Å². The maximum Gasteiger partial charge on any atom is 0.216 e. The summed E-state index contributed by atoms with van der Waals surface area (Å²) in [7, 11) is 3.17. The highest BCUT2D eigenvalue weighted by Gasteiger charge is 2.12. The van der Waals surface area contributed by atoms with Gasteiger partial charge in [-0.25, -0.2) is 5.10 Å². The molecule has 0 aliphatic rings. The van der Waals surface area contributed by atoms with E-state index in [1.165, 1.54) is 0 Å². The smallest absolute Gasteiger partial charge is 0.216 e. The van der Waals surface area contributed by atoms with Gasteiger partial charge in [-0.05, 0) is 36.5 Å². The molecular weight excluding hydrogens is 326 g/mol. The first kappa shape index (κ1) is 15.9. The van der Waals surface area contributed by atoms with Crippen molar-refractivity contribution in [2.45, 2.75) is 0 Å². The quantitative estimate of drug-likeness (QED) is 0.570. The van der Waals surface area contributed by atoms with Gasteiger partial charge in [-0.2, -0.15) is 14.9 Å². The monoisotopic (exact) mass is 341 g/mol. The largest absolute Gasteiger partial charge is 0.493 e. The van der Waals surface area contributed by atoms with Gasteiger partial charge in [0, 0.05) is 23.5 Å². The van der Waals surface area contributed by atoms with Crippen LogP contribution in [0.5, 0.6) is 11.5 Å². The highest BCUT2D eigenvalue weighted by molar-refractivity contribution is 7.71. The van der Waals surface area contributed by atoms with Crippen LogP contribution in [0.4, 0.5) is 0 Å². The molecule has 1 aromatic carbocycles. The fourth-order valence-corrected chi connectivity index (χ4v) is 2.32. The molecule has 3 aromatic rings. The van der Waals surface area contributed by atoms with Crippen LogP contribution in [0.25, 0.3) is 11.4 Å². The molecule has 0 saturated carbocycles.